The van der Waals surface area contributed by atoms with Gasteiger partial charge in [0, 0.05) is 42.3 Å². The molecule has 0 spiro atoms. The van der Waals surface area contributed by atoms with E-state index in [4.69, 9.17) is 0 Å². The summed E-state index contributed by atoms with van der Waals surface area (Å²) < 4.78 is 0. The van der Waals surface area contributed by atoms with E-state index in [0.717, 1.165) is 32.6 Å². The van der Waals surface area contributed by atoms with E-state index in [2.05, 4.69) is 39.9 Å². The highest BCUT2D eigenvalue weighted by atomic mass is 32.1. The Morgan fingerprint density at radius 2 is 1.65 bits per heavy atom. The number of benzene rings is 4. The Labute approximate surface area is 256 Å². The number of carbonyl (C=O) groups excluding carboxylic acids is 2. The number of hydrogen-bond donors (Lipinski definition) is 3. The number of carbonyl (C=O) groups is 2. The van der Waals surface area contributed by atoms with Crippen LogP contribution >= 0.6 is 11.3 Å². The maximum absolute atomic E-state index is 13.6. The minimum absolute atomic E-state index is 0.203. The lowest BCUT2D eigenvalue weighted by Crippen LogP contribution is -2.55. The monoisotopic (exact) mass is 592 g/mol. The molecule has 0 aliphatic rings. The highest BCUT2D eigenvalue weighted by molar-refractivity contribution is 7.09. The number of hydrogen-bond acceptors (Lipinski definition) is 6. The Kier molecular flexibility index (Phi) is 9.31. The van der Waals surface area contributed by atoms with Gasteiger partial charge in [-0.3, -0.25) is 9.59 Å². The number of aliphatic hydroxyl groups excluding tert-OH is 1. The Morgan fingerprint density at radius 3 is 2.42 bits per heavy atom. The molecule has 7 nitrogen and oxygen atoms in total. The molecule has 0 fully saturated rings. The highest BCUT2D eigenvalue weighted by Crippen LogP contribution is 2.26. The van der Waals surface area contributed by atoms with Gasteiger partial charge in [-0.15, -0.1) is 11.3 Å². The van der Waals surface area contributed by atoms with Gasteiger partial charge in [-0.1, -0.05) is 78.9 Å². The second-order valence-electron chi connectivity index (χ2n) is 10.9. The van der Waals surface area contributed by atoms with E-state index < -0.39 is 11.6 Å². The summed E-state index contributed by atoms with van der Waals surface area (Å²) in [4.78, 5) is 32.9. The summed E-state index contributed by atoms with van der Waals surface area (Å²) in [5.41, 5.74) is 2.46. The van der Waals surface area contributed by atoms with Crippen LogP contribution in [-0.2, 0) is 18.6 Å². The fourth-order valence-electron chi connectivity index (χ4n) is 5.20. The van der Waals surface area contributed by atoms with Crippen molar-refractivity contribution in [2.24, 2.45) is 0 Å². The maximum Gasteiger partial charge on any atom is 0.253 e. The van der Waals surface area contributed by atoms with Crippen LogP contribution in [0.1, 0.15) is 49.5 Å². The molecule has 1 aromatic heterocycles. The molecule has 4 aromatic carbocycles. The molecule has 2 amide bonds. The van der Waals surface area contributed by atoms with Crippen molar-refractivity contribution >= 4 is 33.9 Å². The molecule has 0 saturated carbocycles. The van der Waals surface area contributed by atoms with Gasteiger partial charge in [-0.2, -0.15) is 0 Å². The van der Waals surface area contributed by atoms with E-state index in [0.29, 0.717) is 24.2 Å². The quantitative estimate of drug-likeness (QED) is 0.184. The molecule has 5 aromatic rings. The molecule has 5 rings (SSSR count). The average Bonchev–Trinajstić information content (AvgIpc) is 3.45. The van der Waals surface area contributed by atoms with Crippen molar-refractivity contribution in [2.45, 2.75) is 38.6 Å². The van der Waals surface area contributed by atoms with Gasteiger partial charge < -0.3 is 20.6 Å². The van der Waals surface area contributed by atoms with Crippen molar-refractivity contribution in [2.75, 3.05) is 13.6 Å². The van der Waals surface area contributed by atoms with E-state index in [1.165, 1.54) is 11.3 Å². The van der Waals surface area contributed by atoms with Crippen LogP contribution in [0.15, 0.2) is 102 Å². The number of thiazole rings is 1. The third-order valence-corrected chi connectivity index (χ3v) is 8.66. The number of fused-ring (bicyclic) bond motifs is 1. The normalized spacial score (nSPS) is 13.3. The third kappa shape index (κ3) is 7.00. The van der Waals surface area contributed by atoms with E-state index in [9.17, 15) is 14.7 Å². The summed E-state index contributed by atoms with van der Waals surface area (Å²) in [6.45, 7) is 4.94. The number of nitrogens with zero attached hydrogens (tertiary/aromatic N) is 2. The van der Waals surface area contributed by atoms with Crippen LogP contribution in [0.4, 0.5) is 0 Å². The Hall–Kier alpha value is -4.37. The average molecular weight is 593 g/mol. The summed E-state index contributed by atoms with van der Waals surface area (Å²) in [6, 6.07) is 30.5. The van der Waals surface area contributed by atoms with Crippen molar-refractivity contribution in [3.63, 3.8) is 0 Å². The summed E-state index contributed by atoms with van der Waals surface area (Å²) >= 11 is 1.51. The molecule has 220 valence electrons. The third-order valence-electron chi connectivity index (χ3n) is 7.70. The second kappa shape index (κ2) is 13.3. The molecule has 0 aliphatic heterocycles. The number of aryl methyl sites for hydroxylation is 1. The Morgan fingerprint density at radius 1 is 0.953 bits per heavy atom. The first kappa shape index (κ1) is 30.1. The van der Waals surface area contributed by atoms with Crippen molar-refractivity contribution in [3.05, 3.63) is 135 Å². The van der Waals surface area contributed by atoms with Gasteiger partial charge in [0.25, 0.3) is 11.8 Å². The SMILES string of the molecule is Cc1csc(CN(C)C(=O)c2cccc(C(=O)N[C@@](C)(c3ccccc3)[C@H](O)CNCc3cccc4ccccc34)c2)n1. The van der Waals surface area contributed by atoms with E-state index in [1.807, 2.05) is 67.8 Å². The van der Waals surface area contributed by atoms with Crippen LogP contribution in [0.3, 0.4) is 0 Å². The van der Waals surface area contributed by atoms with Crippen LogP contribution in [0.5, 0.6) is 0 Å². The number of nitrogens with one attached hydrogen (secondary N) is 2. The first-order valence-corrected chi connectivity index (χ1v) is 15.1. The van der Waals surface area contributed by atoms with Gasteiger partial charge in [-0.25, -0.2) is 4.98 Å². The first-order chi connectivity index (χ1) is 20.7. The zero-order valence-electron chi connectivity index (χ0n) is 24.6. The first-order valence-electron chi connectivity index (χ1n) is 14.2. The lowest BCUT2D eigenvalue weighted by atomic mass is 9.85. The van der Waals surface area contributed by atoms with Crippen molar-refractivity contribution in [1.82, 2.24) is 20.5 Å². The van der Waals surface area contributed by atoms with E-state index in [1.54, 1.807) is 36.2 Å². The van der Waals surface area contributed by atoms with Crippen LogP contribution < -0.4 is 10.6 Å². The van der Waals surface area contributed by atoms with Crippen LogP contribution in [0.2, 0.25) is 0 Å². The summed E-state index contributed by atoms with van der Waals surface area (Å²) in [5.74, 6) is -0.585. The molecule has 1 heterocycles. The zero-order valence-corrected chi connectivity index (χ0v) is 25.4. The molecule has 0 aliphatic carbocycles. The molecular formula is C35H36N4O3S. The fourth-order valence-corrected chi connectivity index (χ4v) is 6.02. The number of amides is 2. The smallest absolute Gasteiger partial charge is 0.253 e. The van der Waals surface area contributed by atoms with Crippen LogP contribution in [0, 0.1) is 6.92 Å². The predicted molar refractivity (Wildman–Crippen MR) is 172 cm³/mol. The summed E-state index contributed by atoms with van der Waals surface area (Å²) in [5, 5.41) is 23.1. The molecule has 0 bridgehead atoms. The molecule has 0 unspecified atom stereocenters. The van der Waals surface area contributed by atoms with E-state index in [-0.39, 0.29) is 18.4 Å². The van der Waals surface area contributed by atoms with Gasteiger partial charge in [0.15, 0.2) is 0 Å². The van der Waals surface area contributed by atoms with Crippen molar-refractivity contribution in [1.29, 1.82) is 0 Å². The Bertz CT molecular complexity index is 1720. The van der Waals surface area contributed by atoms with Gasteiger partial charge in [0.2, 0.25) is 0 Å². The molecule has 0 radical (unpaired) electrons. The summed E-state index contributed by atoms with van der Waals surface area (Å²) in [7, 11) is 1.72. The molecule has 43 heavy (non-hydrogen) atoms. The van der Waals surface area contributed by atoms with Gasteiger partial charge in [0.05, 0.1) is 18.2 Å². The van der Waals surface area contributed by atoms with Crippen LogP contribution in [0.25, 0.3) is 10.8 Å². The zero-order chi connectivity index (χ0) is 30.4. The van der Waals surface area contributed by atoms with Crippen molar-refractivity contribution in [3.8, 4) is 0 Å². The van der Waals surface area contributed by atoms with Crippen molar-refractivity contribution < 1.29 is 14.7 Å². The topological polar surface area (TPSA) is 94.6 Å². The molecular weight excluding hydrogens is 556 g/mol. The van der Waals surface area contributed by atoms with E-state index >= 15 is 0 Å². The van der Waals surface area contributed by atoms with Crippen LogP contribution in [-0.4, -0.2) is 46.5 Å². The Balaban J connectivity index is 1.31. The molecule has 2 atom stereocenters. The fraction of sp³-hybridized carbons (Fsp3) is 0.229. The largest absolute Gasteiger partial charge is 0.389 e. The predicted octanol–water partition coefficient (Wildman–Crippen LogP) is 5.67. The lowest BCUT2D eigenvalue weighted by molar-refractivity contribution is 0.0554. The molecule has 8 heteroatoms. The molecule has 0 saturated heterocycles. The summed E-state index contributed by atoms with van der Waals surface area (Å²) in [6.07, 6.45) is -0.952. The van der Waals surface area contributed by atoms with Gasteiger partial charge in [-0.05, 0) is 53.9 Å². The highest BCUT2D eigenvalue weighted by Gasteiger charge is 2.36. The maximum atomic E-state index is 13.6. The minimum atomic E-state index is -1.11. The molecule has 3 N–H and O–H groups in total. The lowest BCUT2D eigenvalue weighted by Gasteiger charge is -2.36. The second-order valence-corrected chi connectivity index (χ2v) is 11.9. The number of rotatable bonds is 11. The number of aromatic nitrogens is 1. The standard InChI is InChI=1S/C35H36N4O3S/c1-24-23-43-32(37-24)22-39(3)34(42)27-14-10-13-26(19-27)33(41)38-35(2,29-16-5-4-6-17-29)31(40)21-36-20-28-15-9-12-25-11-7-8-18-30(25)28/h4-19,23,31,36,40H,20-22H2,1-3H3,(H,38,41)/t31-,35+/m1/s1. The van der Waals surface area contributed by atoms with Gasteiger partial charge >= 0.3 is 0 Å². The van der Waals surface area contributed by atoms with Gasteiger partial charge in [0.1, 0.15) is 5.01 Å². The number of aliphatic hydroxyl groups is 1. The minimum Gasteiger partial charge on any atom is -0.389 e.